The van der Waals surface area contributed by atoms with Crippen molar-refractivity contribution in [3.8, 4) is 0 Å². The summed E-state index contributed by atoms with van der Waals surface area (Å²) in [5.41, 5.74) is -4.26. The molecule has 0 amide bonds. The average molecular weight is 468 g/mol. The molecule has 0 N–H and O–H groups in total. The Morgan fingerprint density at radius 2 is 0.806 bits per heavy atom. The lowest BCUT2D eigenvalue weighted by Crippen LogP contribution is -2.52. The SMILES string of the molecule is Fc1c(F)c(F)c(B(CSc2ccccc2)c2c(F)c(F)c(F)c(F)c2F)c(F)c1F. The summed E-state index contributed by atoms with van der Waals surface area (Å²) < 4.78 is 139. The first-order valence-electron chi connectivity index (χ1n) is 8.28. The average Bonchev–Trinajstić information content (AvgIpc) is 2.77. The van der Waals surface area contributed by atoms with E-state index in [1.54, 1.807) is 6.07 Å². The maximum absolute atomic E-state index is 14.4. The molecular formula is C19H7BF10S. The van der Waals surface area contributed by atoms with Crippen molar-refractivity contribution in [1.82, 2.24) is 0 Å². The minimum atomic E-state index is -2.54. The molecule has 0 aliphatic heterocycles. The molecule has 0 aliphatic carbocycles. The first kappa shape index (κ1) is 23.0. The Labute approximate surface area is 173 Å². The highest BCUT2D eigenvalue weighted by molar-refractivity contribution is 8.00. The highest BCUT2D eigenvalue weighted by Crippen LogP contribution is 2.24. The van der Waals surface area contributed by atoms with Gasteiger partial charge < -0.3 is 0 Å². The van der Waals surface area contributed by atoms with E-state index in [2.05, 4.69) is 0 Å². The summed E-state index contributed by atoms with van der Waals surface area (Å²) in [6, 6.07) is 7.48. The van der Waals surface area contributed by atoms with Gasteiger partial charge in [0, 0.05) is 15.8 Å². The zero-order valence-corrected chi connectivity index (χ0v) is 15.7. The molecule has 0 atom stereocenters. The minimum Gasteiger partial charge on any atom is -0.204 e. The van der Waals surface area contributed by atoms with Gasteiger partial charge in [-0.25, -0.2) is 43.9 Å². The van der Waals surface area contributed by atoms with Gasteiger partial charge in [0.1, 0.15) is 0 Å². The van der Waals surface area contributed by atoms with Crippen LogP contribution in [0.25, 0.3) is 0 Å². The topological polar surface area (TPSA) is 0 Å². The van der Waals surface area contributed by atoms with Crippen LogP contribution < -0.4 is 10.9 Å². The maximum atomic E-state index is 14.4. The van der Waals surface area contributed by atoms with E-state index in [-0.39, 0.29) is 0 Å². The Balaban J connectivity index is 2.29. The van der Waals surface area contributed by atoms with Crippen molar-refractivity contribution in [2.24, 2.45) is 0 Å². The third kappa shape index (κ3) is 4.00. The Kier molecular flexibility index (Phi) is 6.58. The first-order valence-corrected chi connectivity index (χ1v) is 9.26. The summed E-state index contributed by atoms with van der Waals surface area (Å²) in [7, 11) is 0. The van der Waals surface area contributed by atoms with Crippen molar-refractivity contribution < 1.29 is 43.9 Å². The quantitative estimate of drug-likeness (QED) is 0.167. The Morgan fingerprint density at radius 1 is 0.484 bits per heavy atom. The molecule has 0 saturated carbocycles. The fraction of sp³-hybridized carbons (Fsp3) is 0.0526. The van der Waals surface area contributed by atoms with Gasteiger partial charge in [-0.05, 0) is 17.8 Å². The van der Waals surface area contributed by atoms with Gasteiger partial charge in [-0.2, -0.15) is 0 Å². The summed E-state index contributed by atoms with van der Waals surface area (Å²) in [6.45, 7) is -2.42. The number of rotatable bonds is 5. The molecule has 0 nitrogen and oxygen atoms in total. The molecule has 0 heterocycles. The Morgan fingerprint density at radius 3 is 1.16 bits per heavy atom. The van der Waals surface area contributed by atoms with Crippen LogP contribution in [0.3, 0.4) is 0 Å². The van der Waals surface area contributed by atoms with E-state index in [0.29, 0.717) is 16.7 Å². The summed E-state index contributed by atoms with van der Waals surface area (Å²) >= 11 is 0.641. The van der Waals surface area contributed by atoms with Gasteiger partial charge >= 0.3 is 0 Å². The van der Waals surface area contributed by atoms with E-state index < -0.39 is 81.5 Å². The fourth-order valence-electron chi connectivity index (χ4n) is 2.86. The summed E-state index contributed by atoms with van der Waals surface area (Å²) in [4.78, 5) is 0.334. The predicted octanol–water partition coefficient (Wildman–Crippen LogP) is 5.02. The zero-order valence-electron chi connectivity index (χ0n) is 14.9. The smallest absolute Gasteiger partial charge is 0.204 e. The molecule has 0 fully saturated rings. The number of hydrogen-bond acceptors (Lipinski definition) is 1. The maximum Gasteiger partial charge on any atom is 0.235 e. The zero-order chi connectivity index (χ0) is 23.0. The predicted molar refractivity (Wildman–Crippen MR) is 94.7 cm³/mol. The molecular weight excluding hydrogens is 461 g/mol. The lowest BCUT2D eigenvalue weighted by Gasteiger charge is -2.19. The molecule has 31 heavy (non-hydrogen) atoms. The van der Waals surface area contributed by atoms with Crippen LogP contribution in [0.5, 0.6) is 0 Å². The molecule has 3 aromatic carbocycles. The van der Waals surface area contributed by atoms with Gasteiger partial charge in [-0.1, -0.05) is 18.2 Å². The lowest BCUT2D eigenvalue weighted by molar-refractivity contribution is 0.382. The van der Waals surface area contributed by atoms with E-state index in [1.807, 2.05) is 0 Å². The van der Waals surface area contributed by atoms with Gasteiger partial charge in [-0.15, -0.1) is 11.8 Å². The summed E-state index contributed by atoms with van der Waals surface area (Å²) in [5.74, 6) is -24.5. The third-order valence-electron chi connectivity index (χ3n) is 4.34. The summed E-state index contributed by atoms with van der Waals surface area (Å²) in [6.07, 6.45) is 0. The molecule has 3 aromatic rings. The highest BCUT2D eigenvalue weighted by Gasteiger charge is 2.39. The molecule has 12 heteroatoms. The van der Waals surface area contributed by atoms with E-state index >= 15 is 0 Å². The van der Waals surface area contributed by atoms with E-state index in [1.165, 1.54) is 24.3 Å². The number of halogens is 10. The van der Waals surface area contributed by atoms with Gasteiger partial charge in [0.25, 0.3) is 0 Å². The fourth-order valence-corrected chi connectivity index (χ4v) is 3.90. The molecule has 0 aliphatic rings. The van der Waals surface area contributed by atoms with E-state index in [4.69, 9.17) is 0 Å². The normalized spacial score (nSPS) is 11.2. The second-order valence-corrected chi connectivity index (χ2v) is 7.24. The first-order chi connectivity index (χ1) is 14.6. The number of hydrogen-bond donors (Lipinski definition) is 0. The lowest BCUT2D eigenvalue weighted by atomic mass is 9.41. The van der Waals surface area contributed by atoms with Gasteiger partial charge in [0.2, 0.25) is 6.71 Å². The van der Waals surface area contributed by atoms with Gasteiger partial charge in [0.05, 0.1) is 0 Å². The molecule has 0 unspecified atom stereocenters. The van der Waals surface area contributed by atoms with Crippen LogP contribution in [-0.2, 0) is 0 Å². The summed E-state index contributed by atoms with van der Waals surface area (Å²) in [5, 5.41) is 0. The molecule has 0 radical (unpaired) electrons. The van der Waals surface area contributed by atoms with E-state index in [0.717, 1.165) is 0 Å². The second kappa shape index (κ2) is 8.85. The monoisotopic (exact) mass is 468 g/mol. The Bertz CT molecular complexity index is 1030. The van der Waals surface area contributed by atoms with Crippen LogP contribution in [0.15, 0.2) is 35.2 Å². The van der Waals surface area contributed by atoms with E-state index in [9.17, 15) is 43.9 Å². The minimum absolute atomic E-state index is 0.334. The molecule has 3 rings (SSSR count). The molecule has 0 spiro atoms. The molecule has 0 aromatic heterocycles. The molecule has 0 bridgehead atoms. The standard InChI is InChI=1S/C19H7BF10S/c21-10-8(11(22)15(26)18(29)14(10)25)20(6-31-7-4-2-1-3-5-7)9-12(23)16(27)19(30)17(28)13(9)24/h1-5H,6H2. The highest BCUT2D eigenvalue weighted by atomic mass is 32.2. The number of benzene rings is 3. The van der Waals surface area contributed by atoms with Gasteiger partial charge in [0.15, 0.2) is 58.2 Å². The van der Waals surface area contributed by atoms with Crippen LogP contribution >= 0.6 is 11.8 Å². The van der Waals surface area contributed by atoms with Crippen LogP contribution in [0.4, 0.5) is 43.9 Å². The van der Waals surface area contributed by atoms with Crippen molar-refractivity contribution >= 4 is 29.4 Å². The van der Waals surface area contributed by atoms with Crippen molar-refractivity contribution in [2.75, 3.05) is 5.65 Å². The molecule has 0 saturated heterocycles. The van der Waals surface area contributed by atoms with Crippen molar-refractivity contribution in [3.05, 3.63) is 88.5 Å². The molecule has 162 valence electrons. The van der Waals surface area contributed by atoms with Crippen LogP contribution in [0.2, 0.25) is 0 Å². The van der Waals surface area contributed by atoms with Crippen molar-refractivity contribution in [1.29, 1.82) is 0 Å². The largest absolute Gasteiger partial charge is 0.235 e. The van der Waals surface area contributed by atoms with Crippen molar-refractivity contribution in [2.45, 2.75) is 4.90 Å². The van der Waals surface area contributed by atoms with Gasteiger partial charge in [-0.3, -0.25) is 0 Å². The van der Waals surface area contributed by atoms with Crippen LogP contribution in [0, 0.1) is 58.2 Å². The van der Waals surface area contributed by atoms with Crippen LogP contribution in [-0.4, -0.2) is 12.4 Å². The van der Waals surface area contributed by atoms with Crippen molar-refractivity contribution in [3.63, 3.8) is 0 Å². The van der Waals surface area contributed by atoms with Crippen LogP contribution in [0.1, 0.15) is 0 Å². The third-order valence-corrected chi connectivity index (χ3v) is 5.45. The Hall–Kier alpha value is -2.63. The number of thioether (sulfide) groups is 1. The second-order valence-electron chi connectivity index (χ2n) is 6.14.